The summed E-state index contributed by atoms with van der Waals surface area (Å²) in [6.07, 6.45) is 9.01. The van der Waals surface area contributed by atoms with Crippen LogP contribution in [0.15, 0.2) is 43.0 Å². The van der Waals surface area contributed by atoms with E-state index in [1.807, 2.05) is 18.2 Å². The van der Waals surface area contributed by atoms with Crippen molar-refractivity contribution in [1.82, 2.24) is 14.8 Å². The quantitative estimate of drug-likeness (QED) is 0.835. The zero-order valence-corrected chi connectivity index (χ0v) is 11.8. The molecule has 21 heavy (non-hydrogen) atoms. The Labute approximate surface area is 123 Å². The summed E-state index contributed by atoms with van der Waals surface area (Å²) in [6, 6.07) is 5.50. The Morgan fingerprint density at radius 1 is 1.38 bits per heavy atom. The van der Waals surface area contributed by atoms with Crippen LogP contribution in [0.2, 0.25) is 0 Å². The molecule has 6 heteroatoms. The minimum atomic E-state index is 0.000370. The molecule has 3 rings (SSSR count). The molecule has 1 amide bonds. The third-order valence-electron chi connectivity index (χ3n) is 3.54. The number of carbonyl (C=O) groups excluding carboxylic acids is 1. The lowest BCUT2D eigenvalue weighted by molar-refractivity contribution is -0.119. The van der Waals surface area contributed by atoms with Crippen LogP contribution in [-0.2, 0) is 16.1 Å². The number of aromatic nitrogens is 3. The van der Waals surface area contributed by atoms with Crippen molar-refractivity contribution in [3.05, 3.63) is 43.0 Å². The van der Waals surface area contributed by atoms with Crippen LogP contribution in [0.4, 0.5) is 5.69 Å². The molecule has 0 unspecified atom stereocenters. The average Bonchev–Trinajstić information content (AvgIpc) is 3.19. The maximum absolute atomic E-state index is 12.6. The van der Waals surface area contributed by atoms with Crippen LogP contribution in [0.1, 0.15) is 12.8 Å². The number of anilines is 1. The SMILES string of the molecule is O=C(Cn1cccn1)N(C[C@H]1CCCO1)c1ccncc1. The van der Waals surface area contributed by atoms with Gasteiger partial charge in [-0.05, 0) is 31.0 Å². The molecule has 2 aromatic rings. The molecule has 1 atom stereocenters. The standard InChI is InChI=1S/C15H18N4O2/c20-15(12-18-9-2-6-17-18)19(11-14-3-1-10-21-14)13-4-7-16-8-5-13/h2,4-9,14H,1,3,10-12H2/t14-/m1/s1. The van der Waals surface area contributed by atoms with E-state index in [1.165, 1.54) is 0 Å². The summed E-state index contributed by atoms with van der Waals surface area (Å²) < 4.78 is 7.29. The van der Waals surface area contributed by atoms with E-state index in [1.54, 1.807) is 34.4 Å². The van der Waals surface area contributed by atoms with Gasteiger partial charge in [-0.2, -0.15) is 5.10 Å². The first-order valence-electron chi connectivity index (χ1n) is 7.12. The highest BCUT2D eigenvalue weighted by Crippen LogP contribution is 2.19. The van der Waals surface area contributed by atoms with E-state index < -0.39 is 0 Å². The fourth-order valence-electron chi connectivity index (χ4n) is 2.49. The second kappa shape index (κ2) is 6.49. The second-order valence-electron chi connectivity index (χ2n) is 5.05. The number of hydrogen-bond acceptors (Lipinski definition) is 4. The van der Waals surface area contributed by atoms with Gasteiger partial charge in [0, 0.05) is 37.1 Å². The van der Waals surface area contributed by atoms with Crippen molar-refractivity contribution in [2.75, 3.05) is 18.1 Å². The Hall–Kier alpha value is -2.21. The molecule has 0 N–H and O–H groups in total. The van der Waals surface area contributed by atoms with Crippen LogP contribution in [-0.4, -0.2) is 39.9 Å². The van der Waals surface area contributed by atoms with E-state index in [9.17, 15) is 4.79 Å². The monoisotopic (exact) mass is 286 g/mol. The molecule has 1 fully saturated rings. The Bertz CT molecular complexity index is 565. The van der Waals surface area contributed by atoms with Crippen molar-refractivity contribution in [2.24, 2.45) is 0 Å². The molecule has 0 aliphatic carbocycles. The molecule has 2 aromatic heterocycles. The predicted molar refractivity (Wildman–Crippen MR) is 77.8 cm³/mol. The maximum atomic E-state index is 12.6. The topological polar surface area (TPSA) is 60.2 Å². The number of nitrogens with zero attached hydrogens (tertiary/aromatic N) is 4. The number of rotatable bonds is 5. The fraction of sp³-hybridized carbons (Fsp3) is 0.400. The molecule has 3 heterocycles. The first kappa shape index (κ1) is 13.8. The lowest BCUT2D eigenvalue weighted by Crippen LogP contribution is -2.39. The Kier molecular flexibility index (Phi) is 4.25. The van der Waals surface area contributed by atoms with E-state index >= 15 is 0 Å². The number of pyridine rings is 1. The van der Waals surface area contributed by atoms with E-state index in [0.29, 0.717) is 6.54 Å². The smallest absolute Gasteiger partial charge is 0.248 e. The first-order valence-corrected chi connectivity index (χ1v) is 7.12. The maximum Gasteiger partial charge on any atom is 0.248 e. The number of amides is 1. The van der Waals surface area contributed by atoms with Gasteiger partial charge < -0.3 is 9.64 Å². The molecular formula is C15H18N4O2. The minimum absolute atomic E-state index is 0.000370. The highest BCUT2D eigenvalue weighted by molar-refractivity contribution is 5.93. The van der Waals surface area contributed by atoms with Crippen molar-refractivity contribution in [3.63, 3.8) is 0 Å². The summed E-state index contributed by atoms with van der Waals surface area (Å²) >= 11 is 0. The third kappa shape index (κ3) is 3.46. The van der Waals surface area contributed by atoms with Gasteiger partial charge in [-0.1, -0.05) is 0 Å². The van der Waals surface area contributed by atoms with Gasteiger partial charge in [0.1, 0.15) is 6.54 Å². The molecule has 0 saturated carbocycles. The zero-order valence-electron chi connectivity index (χ0n) is 11.8. The van der Waals surface area contributed by atoms with Crippen LogP contribution < -0.4 is 4.90 Å². The van der Waals surface area contributed by atoms with Gasteiger partial charge >= 0.3 is 0 Å². The number of carbonyl (C=O) groups is 1. The van der Waals surface area contributed by atoms with Gasteiger partial charge in [-0.3, -0.25) is 14.5 Å². The molecule has 0 bridgehead atoms. The van der Waals surface area contributed by atoms with Crippen LogP contribution in [0, 0.1) is 0 Å². The predicted octanol–water partition coefficient (Wildman–Crippen LogP) is 1.49. The number of hydrogen-bond donors (Lipinski definition) is 0. The van der Waals surface area contributed by atoms with Gasteiger partial charge in [0.05, 0.1) is 12.6 Å². The first-order chi connectivity index (χ1) is 10.3. The molecule has 0 aromatic carbocycles. The zero-order chi connectivity index (χ0) is 14.5. The van der Waals surface area contributed by atoms with Crippen LogP contribution in [0.5, 0.6) is 0 Å². The van der Waals surface area contributed by atoms with Crippen molar-refractivity contribution in [2.45, 2.75) is 25.5 Å². The molecule has 0 spiro atoms. The highest BCUT2D eigenvalue weighted by Gasteiger charge is 2.24. The molecule has 1 saturated heterocycles. The second-order valence-corrected chi connectivity index (χ2v) is 5.05. The van der Waals surface area contributed by atoms with Crippen molar-refractivity contribution >= 4 is 11.6 Å². The molecule has 110 valence electrons. The third-order valence-corrected chi connectivity index (χ3v) is 3.54. The Morgan fingerprint density at radius 2 is 2.24 bits per heavy atom. The molecule has 1 aliphatic heterocycles. The van der Waals surface area contributed by atoms with E-state index in [2.05, 4.69) is 10.1 Å². The van der Waals surface area contributed by atoms with E-state index in [-0.39, 0.29) is 18.6 Å². The minimum Gasteiger partial charge on any atom is -0.376 e. The molecule has 0 radical (unpaired) electrons. The van der Waals surface area contributed by atoms with Crippen molar-refractivity contribution in [1.29, 1.82) is 0 Å². The van der Waals surface area contributed by atoms with Gasteiger partial charge in [0.25, 0.3) is 0 Å². The fourth-order valence-corrected chi connectivity index (χ4v) is 2.49. The van der Waals surface area contributed by atoms with Gasteiger partial charge in [-0.15, -0.1) is 0 Å². The largest absolute Gasteiger partial charge is 0.376 e. The van der Waals surface area contributed by atoms with Crippen LogP contribution in [0.3, 0.4) is 0 Å². The van der Waals surface area contributed by atoms with E-state index in [0.717, 1.165) is 25.1 Å². The van der Waals surface area contributed by atoms with Crippen molar-refractivity contribution in [3.8, 4) is 0 Å². The normalized spacial score (nSPS) is 17.8. The highest BCUT2D eigenvalue weighted by atomic mass is 16.5. The summed E-state index contributed by atoms with van der Waals surface area (Å²) in [5.41, 5.74) is 0.845. The summed E-state index contributed by atoms with van der Waals surface area (Å²) in [5.74, 6) is 0.000370. The summed E-state index contributed by atoms with van der Waals surface area (Å²) in [6.45, 7) is 1.58. The molecule has 6 nitrogen and oxygen atoms in total. The Balaban J connectivity index is 1.75. The summed E-state index contributed by atoms with van der Waals surface area (Å²) in [5, 5.41) is 4.09. The Morgan fingerprint density at radius 3 is 2.90 bits per heavy atom. The van der Waals surface area contributed by atoms with Gasteiger partial charge in [-0.25, -0.2) is 0 Å². The lowest BCUT2D eigenvalue weighted by Gasteiger charge is -2.25. The average molecular weight is 286 g/mol. The van der Waals surface area contributed by atoms with Crippen LogP contribution >= 0.6 is 0 Å². The number of ether oxygens (including phenoxy) is 1. The molecular weight excluding hydrogens is 268 g/mol. The van der Waals surface area contributed by atoms with Crippen molar-refractivity contribution < 1.29 is 9.53 Å². The summed E-state index contributed by atoms with van der Waals surface area (Å²) in [4.78, 5) is 18.4. The van der Waals surface area contributed by atoms with Crippen LogP contribution in [0.25, 0.3) is 0 Å². The summed E-state index contributed by atoms with van der Waals surface area (Å²) in [7, 11) is 0. The van der Waals surface area contributed by atoms with Gasteiger partial charge in [0.15, 0.2) is 0 Å². The molecule has 1 aliphatic rings. The van der Waals surface area contributed by atoms with E-state index in [4.69, 9.17) is 4.74 Å². The lowest BCUT2D eigenvalue weighted by atomic mass is 10.2. The van der Waals surface area contributed by atoms with Gasteiger partial charge in [0.2, 0.25) is 5.91 Å².